The van der Waals surface area contributed by atoms with Gasteiger partial charge in [0.2, 0.25) is 0 Å². The number of aryl methyl sites for hydroxylation is 1. The highest BCUT2D eigenvalue weighted by Crippen LogP contribution is 2.26. The van der Waals surface area contributed by atoms with Crippen molar-refractivity contribution in [2.75, 3.05) is 11.5 Å². The van der Waals surface area contributed by atoms with E-state index in [9.17, 15) is 8.42 Å². The van der Waals surface area contributed by atoms with Gasteiger partial charge in [-0.25, -0.2) is 8.42 Å². The molecule has 0 bridgehead atoms. The van der Waals surface area contributed by atoms with Crippen LogP contribution in [0.5, 0.6) is 0 Å². The maximum atomic E-state index is 11.7. The Kier molecular flexibility index (Phi) is 5.34. The quantitative estimate of drug-likeness (QED) is 0.475. The third-order valence-corrected chi connectivity index (χ3v) is 5.73. The van der Waals surface area contributed by atoms with Crippen LogP contribution in [-0.4, -0.2) is 46.6 Å². The van der Waals surface area contributed by atoms with Crippen molar-refractivity contribution < 1.29 is 8.42 Å². The number of hydrazone groups is 1. The van der Waals surface area contributed by atoms with Crippen LogP contribution in [-0.2, 0) is 9.84 Å². The number of rotatable bonds is 3. The van der Waals surface area contributed by atoms with E-state index in [2.05, 4.69) is 20.9 Å². The molecule has 1 aromatic rings. The van der Waals surface area contributed by atoms with Gasteiger partial charge < -0.3 is 5.32 Å². The van der Waals surface area contributed by atoms with Crippen LogP contribution in [0, 0.1) is 13.8 Å². The van der Waals surface area contributed by atoms with Crippen molar-refractivity contribution in [3.63, 3.8) is 0 Å². The van der Waals surface area contributed by atoms with Crippen LogP contribution < -0.4 is 10.7 Å². The molecule has 134 valence electrons. The average Bonchev–Trinajstić information content (AvgIpc) is 2.90. The minimum atomic E-state index is -2.94. The Bertz CT molecular complexity index is 760. The molecule has 1 aliphatic rings. The largest absolute Gasteiger partial charge is 0.357 e. The van der Waals surface area contributed by atoms with Gasteiger partial charge in [-0.15, -0.1) is 0 Å². The highest BCUT2D eigenvalue weighted by molar-refractivity contribution is 7.91. The molecule has 0 aliphatic carbocycles. The summed E-state index contributed by atoms with van der Waals surface area (Å²) in [6, 6.07) is -0.0903. The Morgan fingerprint density at radius 1 is 1.42 bits per heavy atom. The molecule has 2 heterocycles. The van der Waals surface area contributed by atoms with Gasteiger partial charge in [-0.2, -0.15) is 10.2 Å². The Balaban J connectivity index is 2.09. The zero-order valence-electron chi connectivity index (χ0n) is 14.8. The molecule has 9 heteroatoms. The zero-order chi connectivity index (χ0) is 18.1. The van der Waals surface area contributed by atoms with Gasteiger partial charge in [-0.1, -0.05) is 0 Å². The SMILES string of the molecule is Cc1nn([C@@H]2CCS(=O)(=O)C2)c(C)c1/C=N\NC(=S)NC(C)(C)C. The van der Waals surface area contributed by atoms with Crippen molar-refractivity contribution in [1.82, 2.24) is 20.5 Å². The summed E-state index contributed by atoms with van der Waals surface area (Å²) < 4.78 is 25.2. The summed E-state index contributed by atoms with van der Waals surface area (Å²) in [7, 11) is -2.94. The van der Waals surface area contributed by atoms with Gasteiger partial charge in [-0.05, 0) is 53.3 Å². The van der Waals surface area contributed by atoms with Crippen molar-refractivity contribution in [3.05, 3.63) is 17.0 Å². The van der Waals surface area contributed by atoms with E-state index in [-0.39, 0.29) is 23.1 Å². The smallest absolute Gasteiger partial charge is 0.187 e. The number of hydrogen-bond donors (Lipinski definition) is 2. The van der Waals surface area contributed by atoms with Gasteiger partial charge in [0.1, 0.15) is 0 Å². The molecule has 1 atom stereocenters. The average molecular weight is 372 g/mol. The predicted octanol–water partition coefficient (Wildman–Crippen LogP) is 1.46. The maximum absolute atomic E-state index is 11.7. The second kappa shape index (κ2) is 6.79. The highest BCUT2D eigenvalue weighted by Gasteiger charge is 2.31. The van der Waals surface area contributed by atoms with E-state index >= 15 is 0 Å². The lowest BCUT2D eigenvalue weighted by Crippen LogP contribution is -2.44. The number of hydrogen-bond acceptors (Lipinski definition) is 5. The Morgan fingerprint density at radius 3 is 2.62 bits per heavy atom. The number of nitrogens with one attached hydrogen (secondary N) is 2. The molecule has 0 amide bonds. The molecular formula is C15H25N5O2S2. The summed E-state index contributed by atoms with van der Waals surface area (Å²) in [4.78, 5) is 0. The molecule has 0 saturated carbocycles. The summed E-state index contributed by atoms with van der Waals surface area (Å²) >= 11 is 5.18. The molecule has 1 aliphatic heterocycles. The minimum absolute atomic E-state index is 0.0903. The lowest BCUT2D eigenvalue weighted by Gasteiger charge is -2.21. The van der Waals surface area contributed by atoms with Gasteiger partial charge in [0.25, 0.3) is 0 Å². The van der Waals surface area contributed by atoms with E-state index < -0.39 is 9.84 Å². The van der Waals surface area contributed by atoms with Crippen molar-refractivity contribution >= 4 is 33.4 Å². The van der Waals surface area contributed by atoms with Gasteiger partial charge in [0.15, 0.2) is 14.9 Å². The summed E-state index contributed by atoms with van der Waals surface area (Å²) in [5.74, 6) is 0.386. The molecule has 0 aromatic carbocycles. The fourth-order valence-corrected chi connectivity index (χ4v) is 4.76. The van der Waals surface area contributed by atoms with E-state index in [4.69, 9.17) is 12.2 Å². The molecule has 1 aromatic heterocycles. The Labute approximate surface area is 148 Å². The third-order valence-electron chi connectivity index (χ3n) is 3.78. The van der Waals surface area contributed by atoms with Crippen molar-refractivity contribution in [2.24, 2.45) is 5.10 Å². The summed E-state index contributed by atoms with van der Waals surface area (Å²) in [6.07, 6.45) is 2.28. The van der Waals surface area contributed by atoms with Crippen LogP contribution >= 0.6 is 12.2 Å². The van der Waals surface area contributed by atoms with Crippen LogP contribution in [0.4, 0.5) is 0 Å². The van der Waals surface area contributed by atoms with Crippen LogP contribution in [0.3, 0.4) is 0 Å². The molecule has 1 saturated heterocycles. The maximum Gasteiger partial charge on any atom is 0.187 e. The number of thiocarbonyl (C=S) groups is 1. The lowest BCUT2D eigenvalue weighted by atomic mass is 10.1. The highest BCUT2D eigenvalue weighted by atomic mass is 32.2. The minimum Gasteiger partial charge on any atom is -0.357 e. The van der Waals surface area contributed by atoms with Crippen LogP contribution in [0.1, 0.15) is 50.2 Å². The molecule has 7 nitrogen and oxygen atoms in total. The first-order chi connectivity index (χ1) is 11.0. The van der Waals surface area contributed by atoms with Gasteiger partial charge in [0.05, 0.1) is 29.5 Å². The first kappa shape index (κ1) is 18.9. The molecule has 2 rings (SSSR count). The van der Waals surface area contributed by atoms with E-state index in [1.165, 1.54) is 0 Å². The zero-order valence-corrected chi connectivity index (χ0v) is 16.4. The Morgan fingerprint density at radius 2 is 2.08 bits per heavy atom. The second-order valence-corrected chi connectivity index (χ2v) is 9.80. The molecular weight excluding hydrogens is 346 g/mol. The third kappa shape index (κ3) is 4.76. The Hall–Kier alpha value is -1.48. The van der Waals surface area contributed by atoms with E-state index in [1.807, 2.05) is 39.3 Å². The molecule has 2 N–H and O–H groups in total. The number of nitrogens with zero attached hydrogens (tertiary/aromatic N) is 3. The van der Waals surface area contributed by atoms with Crippen molar-refractivity contribution in [1.29, 1.82) is 0 Å². The monoisotopic (exact) mass is 371 g/mol. The number of aromatic nitrogens is 2. The second-order valence-electron chi connectivity index (χ2n) is 7.16. The molecule has 1 fully saturated rings. The number of sulfone groups is 1. The summed E-state index contributed by atoms with van der Waals surface area (Å²) in [6.45, 7) is 9.86. The van der Waals surface area contributed by atoms with Gasteiger partial charge >= 0.3 is 0 Å². The first-order valence-electron chi connectivity index (χ1n) is 7.86. The van der Waals surface area contributed by atoms with Crippen LogP contribution in [0.15, 0.2) is 5.10 Å². The topological polar surface area (TPSA) is 88.4 Å². The fraction of sp³-hybridized carbons (Fsp3) is 0.667. The van der Waals surface area contributed by atoms with Crippen LogP contribution in [0.25, 0.3) is 0 Å². The van der Waals surface area contributed by atoms with E-state index in [1.54, 1.807) is 6.21 Å². The molecule has 0 radical (unpaired) electrons. The van der Waals surface area contributed by atoms with Crippen molar-refractivity contribution in [2.45, 2.75) is 52.6 Å². The van der Waals surface area contributed by atoms with E-state index in [0.29, 0.717) is 11.5 Å². The normalized spacial score (nSPS) is 20.5. The predicted molar refractivity (Wildman–Crippen MR) is 100 cm³/mol. The summed E-state index contributed by atoms with van der Waals surface area (Å²) in [5.41, 5.74) is 5.26. The lowest BCUT2D eigenvalue weighted by molar-refractivity contribution is 0.486. The van der Waals surface area contributed by atoms with E-state index in [0.717, 1.165) is 17.0 Å². The molecule has 0 unspecified atom stereocenters. The standard InChI is InChI=1S/C15H25N5O2S2/c1-10-13(8-16-18-14(23)17-15(3,4)5)11(2)20(19-10)12-6-7-24(21,22)9-12/h8,12H,6-7,9H2,1-5H3,(H2,17,18,23)/b16-8-/t12-/m1/s1. The first-order valence-corrected chi connectivity index (χ1v) is 10.1. The van der Waals surface area contributed by atoms with Gasteiger partial charge in [0, 0.05) is 16.8 Å². The molecule has 0 spiro atoms. The van der Waals surface area contributed by atoms with Crippen molar-refractivity contribution in [3.8, 4) is 0 Å². The van der Waals surface area contributed by atoms with Gasteiger partial charge in [-0.3, -0.25) is 10.1 Å². The fourth-order valence-electron chi connectivity index (χ4n) is 2.71. The summed E-state index contributed by atoms with van der Waals surface area (Å²) in [5, 5.41) is 12.2. The van der Waals surface area contributed by atoms with Crippen LogP contribution in [0.2, 0.25) is 0 Å². The molecule has 24 heavy (non-hydrogen) atoms.